The highest BCUT2D eigenvalue weighted by atomic mass is 32.1. The van der Waals surface area contributed by atoms with Crippen LogP contribution in [0.4, 0.5) is 0 Å². The summed E-state index contributed by atoms with van der Waals surface area (Å²) in [6.45, 7) is 0.499. The van der Waals surface area contributed by atoms with Gasteiger partial charge in [0.1, 0.15) is 24.4 Å². The van der Waals surface area contributed by atoms with Crippen LogP contribution in [-0.2, 0) is 20.7 Å². The normalized spacial score (nSPS) is 22.2. The largest absolute Gasteiger partial charge is 0.508 e. The number of Topliss-reactive ketones (excluding diaryl/α,β-unsaturated/α-hetero) is 1. The van der Waals surface area contributed by atoms with E-state index in [0.717, 1.165) is 18.4 Å². The molecule has 0 saturated carbocycles. The molecule has 3 heterocycles. The first-order valence-corrected chi connectivity index (χ1v) is 10.5. The van der Waals surface area contributed by atoms with E-state index in [0.29, 0.717) is 12.1 Å². The Bertz CT molecular complexity index is 896. The first-order chi connectivity index (χ1) is 14.0. The third kappa shape index (κ3) is 4.18. The highest BCUT2D eigenvalue weighted by molar-refractivity contribution is 7.08. The second-order valence-electron chi connectivity index (χ2n) is 7.34. The Morgan fingerprint density at radius 2 is 2.07 bits per heavy atom. The van der Waals surface area contributed by atoms with Crippen LogP contribution in [-0.4, -0.2) is 58.9 Å². The summed E-state index contributed by atoms with van der Waals surface area (Å²) in [6, 6.07) is 6.83. The van der Waals surface area contributed by atoms with Crippen LogP contribution in [0.2, 0.25) is 0 Å². The number of thiophene rings is 1. The van der Waals surface area contributed by atoms with E-state index >= 15 is 0 Å². The van der Waals surface area contributed by atoms with E-state index in [2.05, 4.69) is 5.32 Å². The Balaban J connectivity index is 1.57. The average molecular weight is 414 g/mol. The van der Waals surface area contributed by atoms with Gasteiger partial charge in [-0.3, -0.25) is 14.4 Å². The molecule has 0 radical (unpaired) electrons. The third-order valence-electron chi connectivity index (χ3n) is 5.39. The smallest absolute Gasteiger partial charge is 0.252 e. The molecule has 0 aliphatic carbocycles. The maximum Gasteiger partial charge on any atom is 0.252 e. The van der Waals surface area contributed by atoms with Crippen LogP contribution >= 0.6 is 11.3 Å². The number of rotatable bonds is 5. The molecule has 3 atom stereocenters. The molecule has 2 N–H and O–H groups in total. The summed E-state index contributed by atoms with van der Waals surface area (Å²) < 4.78 is 5.54. The van der Waals surface area contributed by atoms with E-state index in [-0.39, 0.29) is 42.5 Å². The summed E-state index contributed by atoms with van der Waals surface area (Å²) in [4.78, 5) is 39.9. The second-order valence-corrected chi connectivity index (χ2v) is 8.12. The minimum absolute atomic E-state index is 0.0308. The molecule has 2 aliphatic heterocycles. The van der Waals surface area contributed by atoms with Gasteiger partial charge >= 0.3 is 0 Å². The van der Waals surface area contributed by atoms with Crippen LogP contribution in [0.25, 0.3) is 0 Å². The van der Waals surface area contributed by atoms with Crippen molar-refractivity contribution in [3.63, 3.8) is 0 Å². The summed E-state index contributed by atoms with van der Waals surface area (Å²) in [7, 11) is 0. The monoisotopic (exact) mass is 414 g/mol. The van der Waals surface area contributed by atoms with Gasteiger partial charge in [-0.25, -0.2) is 0 Å². The SMILES string of the molecule is O=C(NC(Cc1ccc(O)cc1)C(=O)N1CCCC2OCC(=O)C21)c1ccsc1. The van der Waals surface area contributed by atoms with E-state index in [1.807, 2.05) is 0 Å². The summed E-state index contributed by atoms with van der Waals surface area (Å²) >= 11 is 1.40. The minimum atomic E-state index is -0.820. The van der Waals surface area contributed by atoms with Gasteiger partial charge < -0.3 is 20.1 Å². The van der Waals surface area contributed by atoms with Crippen molar-refractivity contribution in [2.24, 2.45) is 0 Å². The number of phenols is 1. The van der Waals surface area contributed by atoms with E-state index in [9.17, 15) is 19.5 Å². The Morgan fingerprint density at radius 3 is 2.79 bits per heavy atom. The van der Waals surface area contributed by atoms with Crippen LogP contribution in [0.1, 0.15) is 28.8 Å². The molecule has 3 unspecified atom stereocenters. The molecule has 0 spiro atoms. The number of phenolic OH excluding ortho intramolecular Hbond substituents is 1. The Kier molecular flexibility index (Phi) is 5.64. The van der Waals surface area contributed by atoms with E-state index in [1.165, 1.54) is 11.3 Å². The molecule has 2 fully saturated rings. The third-order valence-corrected chi connectivity index (χ3v) is 6.07. The fourth-order valence-electron chi connectivity index (χ4n) is 3.94. The maximum absolute atomic E-state index is 13.4. The van der Waals surface area contributed by atoms with Crippen molar-refractivity contribution < 1.29 is 24.2 Å². The van der Waals surface area contributed by atoms with Gasteiger partial charge in [-0.1, -0.05) is 12.1 Å². The number of benzene rings is 1. The molecule has 7 nitrogen and oxygen atoms in total. The van der Waals surface area contributed by atoms with Gasteiger partial charge in [-0.15, -0.1) is 0 Å². The molecule has 2 saturated heterocycles. The molecule has 2 aromatic rings. The van der Waals surface area contributed by atoms with Crippen molar-refractivity contribution >= 4 is 28.9 Å². The highest BCUT2D eigenvalue weighted by Crippen LogP contribution is 2.27. The number of aromatic hydroxyl groups is 1. The van der Waals surface area contributed by atoms with Crippen molar-refractivity contribution in [2.75, 3.05) is 13.2 Å². The topological polar surface area (TPSA) is 95.9 Å². The van der Waals surface area contributed by atoms with Crippen LogP contribution in [0.3, 0.4) is 0 Å². The molecule has 1 aromatic heterocycles. The van der Waals surface area contributed by atoms with Gasteiger partial charge in [0.15, 0.2) is 5.78 Å². The zero-order valence-electron chi connectivity index (χ0n) is 15.7. The summed E-state index contributed by atoms with van der Waals surface area (Å²) in [5.41, 5.74) is 1.30. The lowest BCUT2D eigenvalue weighted by atomic mass is 9.95. The van der Waals surface area contributed by atoms with Crippen molar-refractivity contribution in [3.8, 4) is 5.75 Å². The predicted molar refractivity (Wildman–Crippen MR) is 107 cm³/mol. The number of nitrogens with zero attached hydrogens (tertiary/aromatic N) is 1. The zero-order chi connectivity index (χ0) is 20.4. The van der Waals surface area contributed by atoms with Crippen LogP contribution in [0.15, 0.2) is 41.1 Å². The number of hydrogen-bond acceptors (Lipinski definition) is 6. The summed E-state index contributed by atoms with van der Waals surface area (Å²) in [5, 5.41) is 15.9. The van der Waals surface area contributed by atoms with Crippen LogP contribution in [0.5, 0.6) is 5.75 Å². The van der Waals surface area contributed by atoms with Gasteiger partial charge in [-0.05, 0) is 42.0 Å². The van der Waals surface area contributed by atoms with Crippen LogP contribution in [0, 0.1) is 0 Å². The highest BCUT2D eigenvalue weighted by Gasteiger charge is 2.45. The molecule has 0 bridgehead atoms. The molecule has 2 aliphatic rings. The lowest BCUT2D eigenvalue weighted by Gasteiger charge is -2.37. The number of hydrogen-bond donors (Lipinski definition) is 2. The molecule has 29 heavy (non-hydrogen) atoms. The van der Waals surface area contributed by atoms with Crippen LogP contribution < -0.4 is 5.32 Å². The Hall–Kier alpha value is -2.71. The lowest BCUT2D eigenvalue weighted by molar-refractivity contribution is -0.142. The molecular weight excluding hydrogens is 392 g/mol. The molecule has 2 amide bonds. The van der Waals surface area contributed by atoms with Gasteiger partial charge in [-0.2, -0.15) is 11.3 Å². The summed E-state index contributed by atoms with van der Waals surface area (Å²) in [6.07, 6.45) is 1.51. The number of likely N-dealkylation sites (tertiary alicyclic amines) is 1. The van der Waals surface area contributed by atoms with Gasteiger partial charge in [0.05, 0.1) is 11.7 Å². The minimum Gasteiger partial charge on any atom is -0.508 e. The first-order valence-electron chi connectivity index (χ1n) is 9.58. The number of fused-ring (bicyclic) bond motifs is 1. The number of carbonyl (C=O) groups excluding carboxylic acids is 3. The first kappa shape index (κ1) is 19.6. The average Bonchev–Trinajstić information content (AvgIpc) is 3.39. The fraction of sp³-hybridized carbons (Fsp3) is 0.381. The second kappa shape index (κ2) is 8.34. The Morgan fingerprint density at radius 1 is 1.28 bits per heavy atom. The lowest BCUT2D eigenvalue weighted by Crippen LogP contribution is -2.58. The van der Waals surface area contributed by atoms with Gasteiger partial charge in [0.2, 0.25) is 5.91 Å². The standard InChI is InChI=1S/C21H22N2O5S/c24-15-5-3-13(4-6-15)10-16(22-20(26)14-7-9-29-12-14)21(27)23-8-1-2-18-19(23)17(25)11-28-18/h3-7,9,12,16,18-19,24H,1-2,8,10-11H2,(H,22,26). The van der Waals surface area contributed by atoms with Crippen molar-refractivity contribution in [3.05, 3.63) is 52.2 Å². The van der Waals surface area contributed by atoms with Gasteiger partial charge in [0, 0.05) is 18.3 Å². The quantitative estimate of drug-likeness (QED) is 0.777. The van der Waals surface area contributed by atoms with Crippen molar-refractivity contribution in [1.29, 1.82) is 0 Å². The molecule has 152 valence electrons. The molecule has 8 heteroatoms. The van der Waals surface area contributed by atoms with E-state index < -0.39 is 12.1 Å². The number of amides is 2. The van der Waals surface area contributed by atoms with Crippen molar-refractivity contribution in [1.82, 2.24) is 10.2 Å². The number of piperidine rings is 1. The maximum atomic E-state index is 13.4. The molecular formula is C21H22N2O5S. The number of ketones is 1. The molecule has 4 rings (SSSR count). The number of carbonyl (C=O) groups is 3. The van der Waals surface area contributed by atoms with Crippen molar-refractivity contribution in [2.45, 2.75) is 37.5 Å². The van der Waals surface area contributed by atoms with Gasteiger partial charge in [0.25, 0.3) is 5.91 Å². The fourth-order valence-corrected chi connectivity index (χ4v) is 4.58. The van der Waals surface area contributed by atoms with E-state index in [4.69, 9.17) is 4.74 Å². The predicted octanol–water partition coefficient (Wildman–Crippen LogP) is 1.75. The Labute approximate surface area is 172 Å². The van der Waals surface area contributed by atoms with E-state index in [1.54, 1.807) is 46.0 Å². The summed E-state index contributed by atoms with van der Waals surface area (Å²) in [5.74, 6) is -0.566. The number of nitrogens with one attached hydrogen (secondary N) is 1. The molecule has 1 aromatic carbocycles. The number of ether oxygens (including phenoxy) is 1. The zero-order valence-corrected chi connectivity index (χ0v) is 16.6.